The van der Waals surface area contributed by atoms with Crippen LogP contribution in [0.2, 0.25) is 0 Å². The molecule has 0 aliphatic heterocycles. The first-order chi connectivity index (χ1) is 8.65. The molecule has 0 bridgehead atoms. The van der Waals surface area contributed by atoms with Crippen LogP contribution in [0, 0.1) is 5.92 Å². The normalized spacial score (nSPS) is 18.1. The third-order valence-electron chi connectivity index (χ3n) is 3.41. The minimum atomic E-state index is -0.450. The minimum Gasteiger partial charge on any atom is -0.352 e. The zero-order chi connectivity index (χ0) is 13.0. The van der Waals surface area contributed by atoms with Gasteiger partial charge in [0.1, 0.15) is 0 Å². The van der Waals surface area contributed by atoms with Gasteiger partial charge in [0, 0.05) is 6.04 Å². The Labute approximate surface area is 109 Å². The van der Waals surface area contributed by atoms with Crippen LogP contribution in [0.15, 0.2) is 30.3 Å². The fourth-order valence-corrected chi connectivity index (χ4v) is 2.22. The summed E-state index contributed by atoms with van der Waals surface area (Å²) >= 11 is 0. The maximum absolute atomic E-state index is 11.9. The van der Waals surface area contributed by atoms with E-state index in [0.717, 1.165) is 17.9 Å². The molecule has 3 nitrogen and oxygen atoms in total. The highest BCUT2D eigenvalue weighted by Gasteiger charge is 2.25. The second-order valence-electron chi connectivity index (χ2n) is 5.38. The number of nitrogens with two attached hydrogens (primary N) is 1. The lowest BCUT2D eigenvalue weighted by molar-refractivity contribution is -0.123. The topological polar surface area (TPSA) is 55.1 Å². The van der Waals surface area contributed by atoms with Crippen molar-refractivity contribution in [3.63, 3.8) is 0 Å². The van der Waals surface area contributed by atoms with Crippen molar-refractivity contribution in [1.29, 1.82) is 0 Å². The van der Waals surface area contributed by atoms with Crippen molar-refractivity contribution in [2.24, 2.45) is 11.7 Å². The first-order valence-corrected chi connectivity index (χ1v) is 6.75. The molecule has 3 N–H and O–H groups in total. The highest BCUT2D eigenvalue weighted by molar-refractivity contribution is 5.82. The number of nitrogens with one attached hydrogen (secondary N) is 1. The molecule has 0 heterocycles. The molecule has 0 spiro atoms. The van der Waals surface area contributed by atoms with E-state index in [-0.39, 0.29) is 11.9 Å². The van der Waals surface area contributed by atoms with Gasteiger partial charge in [-0.3, -0.25) is 4.79 Å². The number of benzene rings is 1. The molecule has 18 heavy (non-hydrogen) atoms. The van der Waals surface area contributed by atoms with Crippen LogP contribution >= 0.6 is 0 Å². The van der Waals surface area contributed by atoms with E-state index in [0.29, 0.717) is 6.42 Å². The molecule has 2 rings (SSSR count). The number of carbonyl (C=O) groups excluding carboxylic acids is 1. The third kappa shape index (κ3) is 4.15. The van der Waals surface area contributed by atoms with Gasteiger partial charge in [-0.15, -0.1) is 0 Å². The highest BCUT2D eigenvalue weighted by Crippen LogP contribution is 2.33. The highest BCUT2D eigenvalue weighted by atomic mass is 16.2. The summed E-state index contributed by atoms with van der Waals surface area (Å²) in [7, 11) is 0. The quantitative estimate of drug-likeness (QED) is 0.805. The van der Waals surface area contributed by atoms with E-state index >= 15 is 0 Å². The van der Waals surface area contributed by atoms with E-state index in [1.165, 1.54) is 12.8 Å². The van der Waals surface area contributed by atoms with Crippen molar-refractivity contribution < 1.29 is 4.79 Å². The van der Waals surface area contributed by atoms with Gasteiger partial charge in [0.15, 0.2) is 0 Å². The van der Waals surface area contributed by atoms with Gasteiger partial charge in [0.05, 0.1) is 6.04 Å². The molecule has 0 aromatic heterocycles. The van der Waals surface area contributed by atoms with E-state index in [9.17, 15) is 4.79 Å². The average molecular weight is 246 g/mol. The SMILES string of the molecule is CC(CC1CC1)NC(=O)C(N)Cc1ccccc1. The maximum Gasteiger partial charge on any atom is 0.237 e. The van der Waals surface area contributed by atoms with Gasteiger partial charge in [-0.05, 0) is 31.2 Å². The number of rotatable bonds is 6. The first-order valence-electron chi connectivity index (χ1n) is 6.75. The van der Waals surface area contributed by atoms with Crippen molar-refractivity contribution in [2.45, 2.75) is 44.7 Å². The monoisotopic (exact) mass is 246 g/mol. The fourth-order valence-electron chi connectivity index (χ4n) is 2.22. The summed E-state index contributed by atoms with van der Waals surface area (Å²) < 4.78 is 0. The lowest BCUT2D eigenvalue weighted by Gasteiger charge is -2.17. The van der Waals surface area contributed by atoms with Gasteiger partial charge in [-0.1, -0.05) is 43.2 Å². The van der Waals surface area contributed by atoms with Crippen molar-refractivity contribution in [3.05, 3.63) is 35.9 Å². The van der Waals surface area contributed by atoms with Gasteiger partial charge < -0.3 is 11.1 Å². The summed E-state index contributed by atoms with van der Waals surface area (Å²) in [5.74, 6) is 0.789. The largest absolute Gasteiger partial charge is 0.352 e. The fraction of sp³-hybridized carbons (Fsp3) is 0.533. The van der Waals surface area contributed by atoms with Crippen LogP contribution in [0.4, 0.5) is 0 Å². The second kappa shape index (κ2) is 6.01. The van der Waals surface area contributed by atoms with Crippen molar-refractivity contribution in [2.75, 3.05) is 0 Å². The molecule has 2 atom stereocenters. The molecule has 0 saturated heterocycles. The number of amides is 1. The van der Waals surface area contributed by atoms with Crippen molar-refractivity contribution >= 4 is 5.91 Å². The van der Waals surface area contributed by atoms with E-state index in [2.05, 4.69) is 12.2 Å². The summed E-state index contributed by atoms with van der Waals surface area (Å²) in [6.07, 6.45) is 4.32. The molecule has 2 unspecified atom stereocenters. The molecule has 1 aliphatic rings. The van der Waals surface area contributed by atoms with E-state index in [1.807, 2.05) is 30.3 Å². The molecule has 1 saturated carbocycles. The van der Waals surface area contributed by atoms with Gasteiger partial charge >= 0.3 is 0 Å². The van der Waals surface area contributed by atoms with Crippen LogP contribution in [0.25, 0.3) is 0 Å². The zero-order valence-electron chi connectivity index (χ0n) is 10.9. The van der Waals surface area contributed by atoms with E-state index in [1.54, 1.807) is 0 Å². The Morgan fingerprint density at radius 2 is 2.06 bits per heavy atom. The van der Waals surface area contributed by atoms with Crippen LogP contribution in [0.3, 0.4) is 0 Å². The van der Waals surface area contributed by atoms with Crippen LogP contribution in [-0.2, 0) is 11.2 Å². The second-order valence-corrected chi connectivity index (χ2v) is 5.38. The lowest BCUT2D eigenvalue weighted by atomic mass is 10.1. The van der Waals surface area contributed by atoms with Gasteiger partial charge in [-0.2, -0.15) is 0 Å². The Hall–Kier alpha value is -1.35. The molecule has 1 aromatic carbocycles. The standard InChI is InChI=1S/C15H22N2O/c1-11(9-13-7-8-13)17-15(18)14(16)10-12-5-3-2-4-6-12/h2-6,11,13-14H,7-10,16H2,1H3,(H,17,18). The number of carbonyl (C=O) groups is 1. The third-order valence-corrected chi connectivity index (χ3v) is 3.41. The Morgan fingerprint density at radius 3 is 2.67 bits per heavy atom. The predicted octanol–water partition coefficient (Wildman–Crippen LogP) is 1.86. The Balaban J connectivity index is 1.77. The average Bonchev–Trinajstić information content (AvgIpc) is 3.14. The zero-order valence-corrected chi connectivity index (χ0v) is 10.9. The number of hydrogen-bond acceptors (Lipinski definition) is 2. The van der Waals surface area contributed by atoms with Gasteiger partial charge in [0.25, 0.3) is 0 Å². The predicted molar refractivity (Wildman–Crippen MR) is 73.1 cm³/mol. The summed E-state index contributed by atoms with van der Waals surface area (Å²) in [6, 6.07) is 9.69. The summed E-state index contributed by atoms with van der Waals surface area (Å²) in [4.78, 5) is 11.9. The molecule has 3 heteroatoms. The maximum atomic E-state index is 11.9. The van der Waals surface area contributed by atoms with Gasteiger partial charge in [-0.25, -0.2) is 0 Å². The van der Waals surface area contributed by atoms with Crippen molar-refractivity contribution in [1.82, 2.24) is 5.32 Å². The lowest BCUT2D eigenvalue weighted by Crippen LogP contribution is -2.45. The van der Waals surface area contributed by atoms with Crippen LogP contribution in [0.1, 0.15) is 31.7 Å². The van der Waals surface area contributed by atoms with E-state index in [4.69, 9.17) is 5.73 Å². The van der Waals surface area contributed by atoms with Crippen LogP contribution < -0.4 is 11.1 Å². The molecule has 0 radical (unpaired) electrons. The Bertz CT molecular complexity index is 387. The van der Waals surface area contributed by atoms with Crippen molar-refractivity contribution in [3.8, 4) is 0 Å². The molecule has 1 amide bonds. The molecular weight excluding hydrogens is 224 g/mol. The summed E-state index contributed by atoms with van der Waals surface area (Å²) in [5.41, 5.74) is 7.04. The number of hydrogen-bond donors (Lipinski definition) is 2. The molecular formula is C15H22N2O. The van der Waals surface area contributed by atoms with Crippen LogP contribution in [-0.4, -0.2) is 18.0 Å². The van der Waals surface area contributed by atoms with Gasteiger partial charge in [0.2, 0.25) is 5.91 Å². The summed E-state index contributed by atoms with van der Waals surface area (Å²) in [5, 5.41) is 3.01. The smallest absolute Gasteiger partial charge is 0.237 e. The Kier molecular flexibility index (Phi) is 4.37. The van der Waals surface area contributed by atoms with E-state index < -0.39 is 6.04 Å². The van der Waals surface area contributed by atoms with Crippen LogP contribution in [0.5, 0.6) is 0 Å². The molecule has 98 valence electrons. The molecule has 1 fully saturated rings. The molecule has 1 aromatic rings. The molecule has 1 aliphatic carbocycles. The first kappa shape index (κ1) is 13.1. The Morgan fingerprint density at radius 1 is 1.39 bits per heavy atom. The minimum absolute atomic E-state index is 0.0352. The summed E-state index contributed by atoms with van der Waals surface area (Å²) in [6.45, 7) is 2.06.